The van der Waals surface area contributed by atoms with Crippen LogP contribution in [0.15, 0.2) is 35.3 Å². The summed E-state index contributed by atoms with van der Waals surface area (Å²) in [6.45, 7) is 9.02. The molecule has 0 aliphatic carbocycles. The number of nitrogens with zero attached hydrogens (tertiary/aromatic N) is 1. The van der Waals surface area contributed by atoms with Crippen LogP contribution in [0.3, 0.4) is 0 Å². The van der Waals surface area contributed by atoms with Crippen molar-refractivity contribution in [3.05, 3.63) is 35.9 Å². The van der Waals surface area contributed by atoms with Crippen LogP contribution in [-0.2, 0) is 6.42 Å². The summed E-state index contributed by atoms with van der Waals surface area (Å²) in [7, 11) is 0. The number of rotatable bonds is 4. The summed E-state index contributed by atoms with van der Waals surface area (Å²) in [6.07, 6.45) is 2.21. The van der Waals surface area contributed by atoms with Crippen molar-refractivity contribution in [2.24, 2.45) is 10.9 Å². The Morgan fingerprint density at radius 3 is 2.60 bits per heavy atom. The molecule has 0 bridgehead atoms. The van der Waals surface area contributed by atoms with Gasteiger partial charge in [0.15, 0.2) is 5.17 Å². The topological polar surface area (TPSA) is 24.4 Å². The van der Waals surface area contributed by atoms with Crippen molar-refractivity contribution in [2.75, 3.05) is 5.75 Å². The first-order chi connectivity index (χ1) is 9.46. The molecule has 1 N–H and O–H groups in total. The Morgan fingerprint density at radius 2 is 1.95 bits per heavy atom. The number of benzene rings is 1. The SMILES string of the molecule is CC1CSC(NC(C)(C)CCc2ccccc2)=NC1C. The summed E-state index contributed by atoms with van der Waals surface area (Å²) >= 11 is 1.86. The number of hydrogen-bond donors (Lipinski definition) is 1. The van der Waals surface area contributed by atoms with Crippen molar-refractivity contribution in [2.45, 2.75) is 52.1 Å². The van der Waals surface area contributed by atoms with E-state index >= 15 is 0 Å². The Kier molecular flexibility index (Phi) is 5.14. The molecule has 0 amide bonds. The van der Waals surface area contributed by atoms with Crippen LogP contribution < -0.4 is 5.32 Å². The molecule has 0 aromatic heterocycles. The van der Waals surface area contributed by atoms with Gasteiger partial charge in [-0.3, -0.25) is 4.99 Å². The van der Waals surface area contributed by atoms with Crippen LogP contribution in [0.25, 0.3) is 0 Å². The largest absolute Gasteiger partial charge is 0.360 e. The van der Waals surface area contributed by atoms with E-state index in [2.05, 4.69) is 63.3 Å². The summed E-state index contributed by atoms with van der Waals surface area (Å²) in [4.78, 5) is 4.77. The molecule has 1 aliphatic heterocycles. The lowest BCUT2D eigenvalue weighted by atomic mass is 9.95. The maximum Gasteiger partial charge on any atom is 0.157 e. The van der Waals surface area contributed by atoms with E-state index in [1.54, 1.807) is 0 Å². The maximum absolute atomic E-state index is 4.77. The van der Waals surface area contributed by atoms with E-state index in [1.807, 2.05) is 11.8 Å². The highest BCUT2D eigenvalue weighted by molar-refractivity contribution is 8.13. The van der Waals surface area contributed by atoms with Crippen LogP contribution in [0.1, 0.15) is 39.7 Å². The van der Waals surface area contributed by atoms with Gasteiger partial charge in [0.1, 0.15) is 0 Å². The molecule has 20 heavy (non-hydrogen) atoms. The third-order valence-corrected chi connectivity index (χ3v) is 5.13. The molecule has 2 rings (SSSR count). The van der Waals surface area contributed by atoms with E-state index in [9.17, 15) is 0 Å². The van der Waals surface area contributed by atoms with Crippen molar-refractivity contribution in [1.29, 1.82) is 0 Å². The van der Waals surface area contributed by atoms with Gasteiger partial charge in [-0.2, -0.15) is 0 Å². The number of aliphatic imine (C=N–C) groups is 1. The molecule has 1 aliphatic rings. The van der Waals surface area contributed by atoms with Crippen molar-refractivity contribution in [3.8, 4) is 0 Å². The van der Waals surface area contributed by atoms with Crippen molar-refractivity contribution in [1.82, 2.24) is 5.32 Å². The standard InChI is InChI=1S/C17H26N2S/c1-13-12-20-16(18-14(13)2)19-17(3,4)11-10-15-8-6-5-7-9-15/h5-9,13-14H,10-12H2,1-4H3,(H,18,19). The molecule has 2 atom stereocenters. The summed E-state index contributed by atoms with van der Waals surface area (Å²) < 4.78 is 0. The zero-order valence-electron chi connectivity index (χ0n) is 13.0. The fraction of sp³-hybridized carbons (Fsp3) is 0.588. The number of amidine groups is 1. The monoisotopic (exact) mass is 290 g/mol. The van der Waals surface area contributed by atoms with Crippen molar-refractivity contribution >= 4 is 16.9 Å². The number of nitrogens with one attached hydrogen (secondary N) is 1. The smallest absolute Gasteiger partial charge is 0.157 e. The van der Waals surface area contributed by atoms with E-state index in [0.717, 1.165) is 18.0 Å². The average Bonchev–Trinajstić information content (AvgIpc) is 2.42. The third kappa shape index (κ3) is 4.55. The zero-order chi connectivity index (χ0) is 14.6. The average molecular weight is 290 g/mol. The maximum atomic E-state index is 4.77. The fourth-order valence-corrected chi connectivity index (χ4v) is 3.51. The Bertz CT molecular complexity index is 453. The molecule has 1 aromatic rings. The highest BCUT2D eigenvalue weighted by Crippen LogP contribution is 2.24. The highest BCUT2D eigenvalue weighted by Gasteiger charge is 2.24. The molecule has 3 heteroatoms. The number of hydrogen-bond acceptors (Lipinski definition) is 3. The third-order valence-electron chi connectivity index (χ3n) is 3.95. The van der Waals surface area contributed by atoms with Gasteiger partial charge in [0.25, 0.3) is 0 Å². The van der Waals surface area contributed by atoms with Gasteiger partial charge in [0.05, 0.1) is 6.04 Å². The second-order valence-electron chi connectivity index (χ2n) is 6.46. The Hall–Kier alpha value is -0.960. The lowest BCUT2D eigenvalue weighted by Crippen LogP contribution is -2.44. The second kappa shape index (κ2) is 6.66. The minimum absolute atomic E-state index is 0.0853. The van der Waals surface area contributed by atoms with Gasteiger partial charge < -0.3 is 5.32 Å². The molecule has 0 radical (unpaired) electrons. The first kappa shape index (κ1) is 15.4. The second-order valence-corrected chi connectivity index (χ2v) is 7.47. The van der Waals surface area contributed by atoms with Crippen LogP contribution in [-0.4, -0.2) is 22.5 Å². The lowest BCUT2D eigenvalue weighted by molar-refractivity contribution is 0.424. The molecule has 1 aromatic carbocycles. The Balaban J connectivity index is 1.89. The fourth-order valence-electron chi connectivity index (χ4n) is 2.22. The predicted molar refractivity (Wildman–Crippen MR) is 90.5 cm³/mol. The lowest BCUT2D eigenvalue weighted by Gasteiger charge is -2.31. The summed E-state index contributed by atoms with van der Waals surface area (Å²) in [5.74, 6) is 1.85. The van der Waals surface area contributed by atoms with Gasteiger partial charge in [-0.15, -0.1) is 0 Å². The van der Waals surface area contributed by atoms with Crippen LogP contribution in [0.5, 0.6) is 0 Å². The van der Waals surface area contributed by atoms with Gasteiger partial charge in [-0.25, -0.2) is 0 Å². The van der Waals surface area contributed by atoms with E-state index in [-0.39, 0.29) is 5.54 Å². The molecule has 110 valence electrons. The molecule has 0 spiro atoms. The Morgan fingerprint density at radius 1 is 1.25 bits per heavy atom. The quantitative estimate of drug-likeness (QED) is 0.902. The van der Waals surface area contributed by atoms with Gasteiger partial charge in [-0.1, -0.05) is 49.0 Å². The van der Waals surface area contributed by atoms with Gasteiger partial charge in [-0.05, 0) is 45.1 Å². The molecule has 0 saturated carbocycles. The number of aryl methyl sites for hydroxylation is 1. The minimum Gasteiger partial charge on any atom is -0.360 e. The van der Waals surface area contributed by atoms with Gasteiger partial charge >= 0.3 is 0 Å². The number of thioether (sulfide) groups is 1. The summed E-state index contributed by atoms with van der Waals surface area (Å²) in [5.41, 5.74) is 1.49. The first-order valence-electron chi connectivity index (χ1n) is 7.49. The molecular weight excluding hydrogens is 264 g/mol. The molecular formula is C17H26N2S. The van der Waals surface area contributed by atoms with E-state index in [0.29, 0.717) is 12.0 Å². The van der Waals surface area contributed by atoms with Crippen LogP contribution >= 0.6 is 11.8 Å². The minimum atomic E-state index is 0.0853. The van der Waals surface area contributed by atoms with Crippen molar-refractivity contribution in [3.63, 3.8) is 0 Å². The Labute approximate surface area is 127 Å². The molecule has 2 nitrogen and oxygen atoms in total. The van der Waals surface area contributed by atoms with Gasteiger partial charge in [0, 0.05) is 11.3 Å². The van der Waals surface area contributed by atoms with Gasteiger partial charge in [0.2, 0.25) is 0 Å². The normalized spacial score (nSPS) is 23.3. The van der Waals surface area contributed by atoms with E-state index < -0.39 is 0 Å². The van der Waals surface area contributed by atoms with E-state index in [1.165, 1.54) is 11.3 Å². The van der Waals surface area contributed by atoms with Crippen LogP contribution in [0.2, 0.25) is 0 Å². The predicted octanol–water partition coefficient (Wildman–Crippen LogP) is 4.11. The van der Waals surface area contributed by atoms with Crippen LogP contribution in [0.4, 0.5) is 0 Å². The zero-order valence-corrected chi connectivity index (χ0v) is 13.8. The highest BCUT2D eigenvalue weighted by atomic mass is 32.2. The molecule has 0 saturated heterocycles. The van der Waals surface area contributed by atoms with Crippen molar-refractivity contribution < 1.29 is 0 Å². The molecule has 0 fully saturated rings. The van der Waals surface area contributed by atoms with Crippen LogP contribution in [0, 0.1) is 5.92 Å². The molecule has 2 unspecified atom stereocenters. The summed E-state index contributed by atoms with van der Waals surface area (Å²) in [6, 6.07) is 11.1. The summed E-state index contributed by atoms with van der Waals surface area (Å²) in [5, 5.41) is 4.75. The molecule has 1 heterocycles. The van der Waals surface area contributed by atoms with E-state index in [4.69, 9.17) is 4.99 Å². The first-order valence-corrected chi connectivity index (χ1v) is 8.47.